The minimum absolute atomic E-state index is 0.354. The molecular formula is C11H21N3O. The molecule has 1 unspecified atom stereocenters. The summed E-state index contributed by atoms with van der Waals surface area (Å²) in [5.41, 5.74) is 0. The molecule has 2 rings (SSSR count). The van der Waals surface area contributed by atoms with Gasteiger partial charge in [0.25, 0.3) is 0 Å². The number of hydrogen-bond acceptors (Lipinski definition) is 3. The number of rotatable bonds is 2. The molecule has 2 N–H and O–H groups in total. The van der Waals surface area contributed by atoms with Crippen molar-refractivity contribution >= 4 is 5.91 Å². The zero-order valence-corrected chi connectivity index (χ0v) is 9.30. The molecule has 1 amide bonds. The van der Waals surface area contributed by atoms with E-state index >= 15 is 0 Å². The second kappa shape index (κ2) is 5.47. The van der Waals surface area contributed by atoms with Crippen LogP contribution in [0, 0.1) is 5.92 Å². The standard InChI is InChI=1S/C11H21N3O/c15-11(8-10-2-4-13-9-10)14-6-1-3-12-5-7-14/h10,12-13H,1-9H2. The van der Waals surface area contributed by atoms with Gasteiger partial charge in [-0.15, -0.1) is 0 Å². The second-order valence-corrected chi connectivity index (χ2v) is 4.55. The van der Waals surface area contributed by atoms with Gasteiger partial charge in [-0.05, 0) is 38.4 Å². The number of hydrogen-bond donors (Lipinski definition) is 2. The quantitative estimate of drug-likeness (QED) is 0.665. The van der Waals surface area contributed by atoms with Crippen LogP contribution in [-0.2, 0) is 4.79 Å². The average Bonchev–Trinajstić information content (AvgIpc) is 2.58. The number of amides is 1. The van der Waals surface area contributed by atoms with Gasteiger partial charge in [-0.2, -0.15) is 0 Å². The van der Waals surface area contributed by atoms with Crippen molar-refractivity contribution in [3.63, 3.8) is 0 Å². The van der Waals surface area contributed by atoms with Crippen LogP contribution in [0.4, 0.5) is 0 Å². The zero-order chi connectivity index (χ0) is 10.5. The fourth-order valence-electron chi connectivity index (χ4n) is 2.36. The van der Waals surface area contributed by atoms with Gasteiger partial charge < -0.3 is 15.5 Å². The fraction of sp³-hybridized carbons (Fsp3) is 0.909. The van der Waals surface area contributed by atoms with Crippen molar-refractivity contribution in [3.8, 4) is 0 Å². The predicted octanol–water partition coefficient (Wildman–Crippen LogP) is -0.192. The Balaban J connectivity index is 1.77. The highest BCUT2D eigenvalue weighted by atomic mass is 16.2. The van der Waals surface area contributed by atoms with Crippen LogP contribution in [0.15, 0.2) is 0 Å². The van der Waals surface area contributed by atoms with Gasteiger partial charge >= 0.3 is 0 Å². The van der Waals surface area contributed by atoms with Crippen LogP contribution in [0.5, 0.6) is 0 Å². The SMILES string of the molecule is O=C(CC1CCNC1)N1CCCNCC1. The molecule has 2 heterocycles. The van der Waals surface area contributed by atoms with Crippen LogP contribution >= 0.6 is 0 Å². The number of nitrogens with one attached hydrogen (secondary N) is 2. The van der Waals surface area contributed by atoms with E-state index in [2.05, 4.69) is 10.6 Å². The summed E-state index contributed by atoms with van der Waals surface area (Å²) in [5, 5.41) is 6.63. The average molecular weight is 211 g/mol. The molecule has 2 fully saturated rings. The highest BCUT2D eigenvalue weighted by Crippen LogP contribution is 2.14. The largest absolute Gasteiger partial charge is 0.341 e. The van der Waals surface area contributed by atoms with Gasteiger partial charge in [0.1, 0.15) is 0 Å². The molecule has 2 saturated heterocycles. The lowest BCUT2D eigenvalue weighted by molar-refractivity contribution is -0.131. The highest BCUT2D eigenvalue weighted by Gasteiger charge is 2.22. The molecule has 0 bridgehead atoms. The summed E-state index contributed by atoms with van der Waals surface area (Å²) in [6.07, 6.45) is 3.00. The minimum atomic E-state index is 0.354. The molecule has 0 aromatic carbocycles. The van der Waals surface area contributed by atoms with E-state index in [1.54, 1.807) is 0 Å². The van der Waals surface area contributed by atoms with Gasteiger partial charge in [0.15, 0.2) is 0 Å². The summed E-state index contributed by atoms with van der Waals surface area (Å²) in [4.78, 5) is 14.0. The molecule has 0 spiro atoms. The molecule has 86 valence electrons. The summed E-state index contributed by atoms with van der Waals surface area (Å²) in [7, 11) is 0. The first kappa shape index (κ1) is 10.9. The summed E-state index contributed by atoms with van der Waals surface area (Å²) < 4.78 is 0. The fourth-order valence-corrected chi connectivity index (χ4v) is 2.36. The molecule has 4 heteroatoms. The van der Waals surface area contributed by atoms with E-state index in [0.717, 1.165) is 58.5 Å². The van der Waals surface area contributed by atoms with Crippen LogP contribution in [0.3, 0.4) is 0 Å². The van der Waals surface area contributed by atoms with E-state index < -0.39 is 0 Å². The maximum atomic E-state index is 12.0. The van der Waals surface area contributed by atoms with Crippen molar-refractivity contribution in [2.24, 2.45) is 5.92 Å². The van der Waals surface area contributed by atoms with Crippen LogP contribution in [0.2, 0.25) is 0 Å². The normalized spacial score (nSPS) is 27.7. The molecule has 0 aliphatic carbocycles. The van der Waals surface area contributed by atoms with Crippen LogP contribution in [0.25, 0.3) is 0 Å². The predicted molar refractivity (Wildman–Crippen MR) is 59.7 cm³/mol. The Hall–Kier alpha value is -0.610. The number of carbonyl (C=O) groups is 1. The zero-order valence-electron chi connectivity index (χ0n) is 9.30. The molecule has 2 aliphatic heterocycles. The van der Waals surface area contributed by atoms with Crippen molar-refractivity contribution in [2.45, 2.75) is 19.3 Å². The Morgan fingerprint density at radius 1 is 1.20 bits per heavy atom. The lowest BCUT2D eigenvalue weighted by Crippen LogP contribution is -2.35. The Labute approximate surface area is 91.4 Å². The van der Waals surface area contributed by atoms with Gasteiger partial charge in [0, 0.05) is 26.1 Å². The summed E-state index contributed by atoms with van der Waals surface area (Å²) in [6.45, 7) is 5.94. The molecule has 15 heavy (non-hydrogen) atoms. The van der Waals surface area contributed by atoms with Crippen molar-refractivity contribution in [3.05, 3.63) is 0 Å². The van der Waals surface area contributed by atoms with E-state index in [0.29, 0.717) is 11.8 Å². The lowest BCUT2D eigenvalue weighted by atomic mass is 10.0. The first-order valence-electron chi connectivity index (χ1n) is 6.05. The van der Waals surface area contributed by atoms with Gasteiger partial charge in [-0.3, -0.25) is 4.79 Å². The summed E-state index contributed by atoms with van der Waals surface area (Å²) in [5.74, 6) is 0.932. The van der Waals surface area contributed by atoms with Gasteiger partial charge in [-0.1, -0.05) is 0 Å². The number of carbonyl (C=O) groups excluding carboxylic acids is 1. The Morgan fingerprint density at radius 3 is 2.93 bits per heavy atom. The van der Waals surface area contributed by atoms with Crippen molar-refractivity contribution in [1.29, 1.82) is 0 Å². The van der Waals surface area contributed by atoms with Gasteiger partial charge in [-0.25, -0.2) is 0 Å². The van der Waals surface area contributed by atoms with Crippen LogP contribution < -0.4 is 10.6 Å². The third kappa shape index (κ3) is 3.18. The second-order valence-electron chi connectivity index (χ2n) is 4.55. The van der Waals surface area contributed by atoms with Gasteiger partial charge in [0.2, 0.25) is 5.91 Å². The van der Waals surface area contributed by atoms with Crippen LogP contribution in [0.1, 0.15) is 19.3 Å². The molecule has 2 aliphatic rings. The Morgan fingerprint density at radius 2 is 2.13 bits per heavy atom. The van der Waals surface area contributed by atoms with Crippen molar-refractivity contribution < 1.29 is 4.79 Å². The maximum absolute atomic E-state index is 12.0. The molecule has 1 atom stereocenters. The summed E-state index contributed by atoms with van der Waals surface area (Å²) >= 11 is 0. The Bertz CT molecular complexity index is 206. The number of nitrogens with zero attached hydrogens (tertiary/aromatic N) is 1. The van der Waals surface area contributed by atoms with E-state index in [1.807, 2.05) is 4.90 Å². The van der Waals surface area contributed by atoms with E-state index in [-0.39, 0.29) is 0 Å². The lowest BCUT2D eigenvalue weighted by Gasteiger charge is -2.21. The third-order valence-electron chi connectivity index (χ3n) is 3.32. The Kier molecular flexibility index (Phi) is 3.97. The highest BCUT2D eigenvalue weighted by molar-refractivity contribution is 5.76. The molecule has 0 saturated carbocycles. The van der Waals surface area contributed by atoms with Crippen LogP contribution in [-0.4, -0.2) is 50.1 Å². The van der Waals surface area contributed by atoms with E-state index in [4.69, 9.17) is 0 Å². The van der Waals surface area contributed by atoms with E-state index in [1.165, 1.54) is 0 Å². The summed E-state index contributed by atoms with van der Waals surface area (Å²) in [6, 6.07) is 0. The third-order valence-corrected chi connectivity index (χ3v) is 3.32. The molecule has 0 aromatic rings. The van der Waals surface area contributed by atoms with Crippen molar-refractivity contribution in [2.75, 3.05) is 39.3 Å². The van der Waals surface area contributed by atoms with Crippen molar-refractivity contribution in [1.82, 2.24) is 15.5 Å². The van der Waals surface area contributed by atoms with E-state index in [9.17, 15) is 4.79 Å². The first-order valence-corrected chi connectivity index (χ1v) is 6.05. The first-order chi connectivity index (χ1) is 7.36. The molecule has 0 radical (unpaired) electrons. The topological polar surface area (TPSA) is 44.4 Å². The molecule has 4 nitrogen and oxygen atoms in total. The molecular weight excluding hydrogens is 190 g/mol. The monoisotopic (exact) mass is 211 g/mol. The minimum Gasteiger partial charge on any atom is -0.341 e. The molecule has 0 aromatic heterocycles. The smallest absolute Gasteiger partial charge is 0.222 e. The van der Waals surface area contributed by atoms with Gasteiger partial charge in [0.05, 0.1) is 0 Å². The maximum Gasteiger partial charge on any atom is 0.222 e.